The van der Waals surface area contributed by atoms with Crippen LogP contribution < -0.4 is 9.64 Å². The van der Waals surface area contributed by atoms with Gasteiger partial charge in [-0.15, -0.1) is 11.3 Å². The number of pyridine rings is 1. The van der Waals surface area contributed by atoms with Crippen molar-refractivity contribution in [2.45, 2.75) is 0 Å². The second-order valence-corrected chi connectivity index (χ2v) is 7.81. The van der Waals surface area contributed by atoms with Gasteiger partial charge in [0.15, 0.2) is 11.5 Å². The number of para-hydroxylation sites is 4. The maximum absolute atomic E-state index is 6.10. The summed E-state index contributed by atoms with van der Waals surface area (Å²) >= 11 is 1.68. The Hall–Kier alpha value is -3.70. The van der Waals surface area contributed by atoms with Crippen LogP contribution in [0.3, 0.4) is 0 Å². The monoisotopic (exact) mass is 393 g/mol. The third kappa shape index (κ3) is 2.67. The van der Waals surface area contributed by atoms with Gasteiger partial charge >= 0.3 is 0 Å². The van der Waals surface area contributed by atoms with Gasteiger partial charge in [-0.05, 0) is 54.6 Å². The lowest BCUT2D eigenvalue weighted by Crippen LogP contribution is -2.15. The van der Waals surface area contributed by atoms with Crippen LogP contribution in [-0.4, -0.2) is 9.97 Å². The number of rotatable bonds is 2. The van der Waals surface area contributed by atoms with E-state index in [2.05, 4.69) is 46.3 Å². The zero-order valence-electron chi connectivity index (χ0n) is 15.3. The van der Waals surface area contributed by atoms with Gasteiger partial charge in [0.25, 0.3) is 0 Å². The van der Waals surface area contributed by atoms with Gasteiger partial charge in [0.1, 0.15) is 10.5 Å². The molecule has 1 aliphatic rings. The van der Waals surface area contributed by atoms with Gasteiger partial charge < -0.3 is 9.64 Å². The Morgan fingerprint density at radius 2 is 1.45 bits per heavy atom. The molecular formula is C24H15N3OS. The third-order valence-electron chi connectivity index (χ3n) is 4.99. The molecule has 5 heteroatoms. The second-order valence-electron chi connectivity index (χ2n) is 6.78. The van der Waals surface area contributed by atoms with Crippen LogP contribution in [0.4, 0.5) is 17.1 Å². The SMILES string of the molecule is c1ccc2c(c1)Oc1ccccc1N2c1ccc(-c2nc3cnccc3s2)cc1. The summed E-state index contributed by atoms with van der Waals surface area (Å²) in [6, 6.07) is 26.8. The Kier molecular flexibility index (Phi) is 3.61. The van der Waals surface area contributed by atoms with Crippen LogP contribution in [0, 0.1) is 0 Å². The lowest BCUT2D eigenvalue weighted by Gasteiger charge is -2.32. The maximum atomic E-state index is 6.10. The molecule has 138 valence electrons. The predicted molar refractivity (Wildman–Crippen MR) is 118 cm³/mol. The molecule has 6 rings (SSSR count). The zero-order valence-corrected chi connectivity index (χ0v) is 16.1. The largest absolute Gasteiger partial charge is 0.453 e. The molecule has 0 bridgehead atoms. The van der Waals surface area contributed by atoms with Crippen molar-refractivity contribution < 1.29 is 4.74 Å². The third-order valence-corrected chi connectivity index (χ3v) is 6.08. The second kappa shape index (κ2) is 6.43. The average Bonchev–Trinajstić information content (AvgIpc) is 3.22. The van der Waals surface area contributed by atoms with E-state index in [1.807, 2.05) is 48.7 Å². The molecule has 3 aromatic carbocycles. The summed E-state index contributed by atoms with van der Waals surface area (Å²) in [6.45, 7) is 0. The Bertz CT molecular complexity index is 1270. The Balaban J connectivity index is 1.44. The van der Waals surface area contributed by atoms with Crippen LogP contribution in [0.5, 0.6) is 11.5 Å². The van der Waals surface area contributed by atoms with Crippen molar-refractivity contribution in [1.29, 1.82) is 0 Å². The number of fused-ring (bicyclic) bond motifs is 3. The molecule has 0 aliphatic carbocycles. The highest BCUT2D eigenvalue weighted by atomic mass is 32.1. The highest BCUT2D eigenvalue weighted by Gasteiger charge is 2.25. The van der Waals surface area contributed by atoms with E-state index in [9.17, 15) is 0 Å². The fourth-order valence-corrected chi connectivity index (χ4v) is 4.58. The number of aromatic nitrogens is 2. The molecule has 1 aliphatic heterocycles. The number of thiazole rings is 1. The molecule has 0 N–H and O–H groups in total. The van der Waals surface area contributed by atoms with Gasteiger partial charge in [0.2, 0.25) is 0 Å². The standard InChI is InChI=1S/C24H15N3OS/c1-3-7-21-19(5-1)27(20-6-2-4-8-22(20)28-21)17-11-9-16(10-12-17)24-26-18-15-25-14-13-23(18)29-24/h1-15H. The van der Waals surface area contributed by atoms with Crippen molar-refractivity contribution in [3.8, 4) is 22.1 Å². The van der Waals surface area contributed by atoms with E-state index in [-0.39, 0.29) is 0 Å². The summed E-state index contributed by atoms with van der Waals surface area (Å²) in [7, 11) is 0. The van der Waals surface area contributed by atoms with E-state index in [1.54, 1.807) is 17.5 Å². The predicted octanol–water partition coefficient (Wildman–Crippen LogP) is 6.93. The number of ether oxygens (including phenoxy) is 1. The van der Waals surface area contributed by atoms with Crippen LogP contribution in [0.2, 0.25) is 0 Å². The lowest BCUT2D eigenvalue weighted by molar-refractivity contribution is 0.477. The summed E-state index contributed by atoms with van der Waals surface area (Å²) < 4.78 is 7.25. The van der Waals surface area contributed by atoms with Gasteiger partial charge in [0, 0.05) is 17.4 Å². The van der Waals surface area contributed by atoms with E-state index >= 15 is 0 Å². The Morgan fingerprint density at radius 3 is 2.14 bits per heavy atom. The molecule has 0 amide bonds. The molecule has 29 heavy (non-hydrogen) atoms. The van der Waals surface area contributed by atoms with Gasteiger partial charge in [-0.2, -0.15) is 0 Å². The molecule has 0 radical (unpaired) electrons. The molecule has 2 aromatic heterocycles. The zero-order chi connectivity index (χ0) is 19.2. The van der Waals surface area contributed by atoms with E-state index in [0.29, 0.717) is 0 Å². The maximum Gasteiger partial charge on any atom is 0.151 e. The highest BCUT2D eigenvalue weighted by molar-refractivity contribution is 7.21. The molecule has 5 aromatic rings. The molecule has 3 heterocycles. The minimum atomic E-state index is 0.856. The first-order valence-electron chi connectivity index (χ1n) is 9.34. The number of benzene rings is 3. The first kappa shape index (κ1) is 16.3. The van der Waals surface area contributed by atoms with Crippen molar-refractivity contribution in [1.82, 2.24) is 9.97 Å². The van der Waals surface area contributed by atoms with Crippen molar-refractivity contribution in [2.75, 3.05) is 4.90 Å². The minimum Gasteiger partial charge on any atom is -0.453 e. The van der Waals surface area contributed by atoms with E-state index in [0.717, 1.165) is 49.3 Å². The minimum absolute atomic E-state index is 0.856. The fourth-order valence-electron chi connectivity index (χ4n) is 3.64. The van der Waals surface area contributed by atoms with Crippen LogP contribution in [0.1, 0.15) is 0 Å². The first-order valence-corrected chi connectivity index (χ1v) is 10.2. The summed E-state index contributed by atoms with van der Waals surface area (Å²) in [5.41, 5.74) is 5.19. The van der Waals surface area contributed by atoms with Crippen LogP contribution in [-0.2, 0) is 0 Å². The number of hydrogen-bond acceptors (Lipinski definition) is 5. The molecule has 0 saturated heterocycles. The summed E-state index contributed by atoms with van der Waals surface area (Å²) in [5, 5.41) is 1.00. The molecule has 4 nitrogen and oxygen atoms in total. The summed E-state index contributed by atoms with van der Waals surface area (Å²) in [6.07, 6.45) is 3.62. The van der Waals surface area contributed by atoms with E-state index < -0.39 is 0 Å². The number of anilines is 3. The molecular weight excluding hydrogens is 378 g/mol. The van der Waals surface area contributed by atoms with E-state index in [1.165, 1.54) is 0 Å². The summed E-state index contributed by atoms with van der Waals surface area (Å²) in [4.78, 5) is 11.1. The first-order chi connectivity index (χ1) is 14.4. The average molecular weight is 393 g/mol. The molecule has 0 spiro atoms. The van der Waals surface area contributed by atoms with Gasteiger partial charge in [0.05, 0.1) is 22.3 Å². The number of hydrogen-bond donors (Lipinski definition) is 0. The smallest absolute Gasteiger partial charge is 0.151 e. The van der Waals surface area contributed by atoms with Gasteiger partial charge in [-0.25, -0.2) is 4.98 Å². The molecule has 0 unspecified atom stereocenters. The Morgan fingerprint density at radius 1 is 0.759 bits per heavy atom. The fraction of sp³-hybridized carbons (Fsp3) is 0. The van der Waals surface area contributed by atoms with Gasteiger partial charge in [-0.1, -0.05) is 24.3 Å². The van der Waals surface area contributed by atoms with Crippen molar-refractivity contribution in [3.05, 3.63) is 91.3 Å². The quantitative estimate of drug-likeness (QED) is 0.319. The normalized spacial score (nSPS) is 12.3. The topological polar surface area (TPSA) is 38.2 Å². The van der Waals surface area contributed by atoms with Gasteiger partial charge in [-0.3, -0.25) is 4.98 Å². The van der Waals surface area contributed by atoms with Crippen LogP contribution in [0.25, 0.3) is 20.8 Å². The van der Waals surface area contributed by atoms with Crippen molar-refractivity contribution in [2.24, 2.45) is 0 Å². The number of nitrogens with zero attached hydrogens (tertiary/aromatic N) is 3. The Labute approximate surface area is 171 Å². The lowest BCUT2D eigenvalue weighted by atomic mass is 10.1. The van der Waals surface area contributed by atoms with Crippen LogP contribution >= 0.6 is 11.3 Å². The molecule has 0 fully saturated rings. The van der Waals surface area contributed by atoms with Crippen molar-refractivity contribution in [3.63, 3.8) is 0 Å². The van der Waals surface area contributed by atoms with Crippen molar-refractivity contribution >= 4 is 38.6 Å². The highest BCUT2D eigenvalue weighted by Crippen LogP contribution is 2.50. The molecule has 0 atom stereocenters. The van der Waals surface area contributed by atoms with E-state index in [4.69, 9.17) is 9.72 Å². The van der Waals surface area contributed by atoms with Crippen LogP contribution in [0.15, 0.2) is 91.3 Å². The molecule has 0 saturated carbocycles. The summed E-state index contributed by atoms with van der Waals surface area (Å²) in [5.74, 6) is 1.71.